The predicted octanol–water partition coefficient (Wildman–Crippen LogP) is 2.47. The van der Waals surface area contributed by atoms with Crippen molar-refractivity contribution in [1.82, 2.24) is 9.47 Å². The van der Waals surface area contributed by atoms with E-state index in [0.717, 1.165) is 13.0 Å². The topological polar surface area (TPSA) is 62.5 Å². The number of aliphatic carboxylic acids is 1. The van der Waals surface area contributed by atoms with Crippen LogP contribution >= 0.6 is 0 Å². The maximum Gasteiger partial charge on any atom is 0.311 e. The van der Waals surface area contributed by atoms with Gasteiger partial charge in [0.15, 0.2) is 0 Å². The monoisotopic (exact) mass is 292 g/mol. The molecule has 1 aliphatic heterocycles. The van der Waals surface area contributed by atoms with Crippen molar-refractivity contribution in [1.29, 1.82) is 0 Å². The second-order valence-corrected chi connectivity index (χ2v) is 6.18. The summed E-state index contributed by atoms with van der Waals surface area (Å²) in [4.78, 5) is 26.0. The van der Waals surface area contributed by atoms with Crippen molar-refractivity contribution in [2.24, 2.45) is 11.3 Å². The van der Waals surface area contributed by atoms with E-state index in [4.69, 9.17) is 0 Å². The van der Waals surface area contributed by atoms with Crippen molar-refractivity contribution in [3.05, 3.63) is 24.0 Å². The lowest BCUT2D eigenvalue weighted by Crippen LogP contribution is -2.41. The average molecular weight is 292 g/mol. The van der Waals surface area contributed by atoms with Gasteiger partial charge in [0.1, 0.15) is 5.69 Å². The van der Waals surface area contributed by atoms with Gasteiger partial charge in [-0.05, 0) is 30.9 Å². The molecule has 116 valence electrons. The first-order chi connectivity index (χ1) is 9.92. The highest BCUT2D eigenvalue weighted by Crippen LogP contribution is 2.38. The molecule has 0 radical (unpaired) electrons. The van der Waals surface area contributed by atoms with Crippen molar-refractivity contribution < 1.29 is 14.7 Å². The molecule has 0 spiro atoms. The number of likely N-dealkylation sites (tertiary alicyclic amines) is 1. The van der Waals surface area contributed by atoms with Gasteiger partial charge >= 0.3 is 5.97 Å². The van der Waals surface area contributed by atoms with Gasteiger partial charge in [0, 0.05) is 25.8 Å². The van der Waals surface area contributed by atoms with Gasteiger partial charge in [-0.25, -0.2) is 0 Å². The van der Waals surface area contributed by atoms with Crippen LogP contribution in [0, 0.1) is 11.3 Å². The number of carbonyl (C=O) groups is 2. The van der Waals surface area contributed by atoms with E-state index in [-0.39, 0.29) is 11.8 Å². The Morgan fingerprint density at radius 1 is 1.43 bits per heavy atom. The Hall–Kier alpha value is -1.78. The minimum atomic E-state index is -0.808. The van der Waals surface area contributed by atoms with E-state index in [0.29, 0.717) is 25.2 Å². The summed E-state index contributed by atoms with van der Waals surface area (Å²) in [6, 6.07) is 3.68. The minimum Gasteiger partial charge on any atom is -0.481 e. The Morgan fingerprint density at radius 3 is 2.67 bits per heavy atom. The molecule has 5 nitrogen and oxygen atoms in total. The number of hydrogen-bond donors (Lipinski definition) is 1. The van der Waals surface area contributed by atoms with Gasteiger partial charge in [-0.15, -0.1) is 0 Å². The van der Waals surface area contributed by atoms with Crippen molar-refractivity contribution >= 4 is 11.9 Å². The standard InChI is InChI=1S/C16H24N2O3/c1-4-8-17-9-5-6-13(17)14(19)18-10-7-16(11-18,12(2)3)15(20)21/h5-6,9,12H,4,7-8,10-11H2,1-3H3,(H,20,21). The Morgan fingerprint density at radius 2 is 2.14 bits per heavy atom. The zero-order chi connectivity index (χ0) is 15.6. The maximum atomic E-state index is 12.6. The molecule has 1 amide bonds. The van der Waals surface area contributed by atoms with Gasteiger partial charge < -0.3 is 14.6 Å². The van der Waals surface area contributed by atoms with E-state index < -0.39 is 11.4 Å². The summed E-state index contributed by atoms with van der Waals surface area (Å²) < 4.78 is 1.94. The normalized spacial score (nSPS) is 22.0. The largest absolute Gasteiger partial charge is 0.481 e. The number of carboxylic acids is 1. The molecule has 1 fully saturated rings. The number of aromatic nitrogens is 1. The summed E-state index contributed by atoms with van der Waals surface area (Å²) in [5.74, 6) is -0.843. The molecule has 1 saturated heterocycles. The fourth-order valence-electron chi connectivity index (χ4n) is 3.11. The van der Waals surface area contributed by atoms with E-state index in [1.165, 1.54) is 0 Å². The number of amides is 1. The van der Waals surface area contributed by atoms with Crippen LogP contribution in [0.4, 0.5) is 0 Å². The highest BCUT2D eigenvalue weighted by atomic mass is 16.4. The summed E-state index contributed by atoms with van der Waals surface area (Å²) in [5.41, 5.74) is -0.153. The number of aryl methyl sites for hydroxylation is 1. The van der Waals surface area contributed by atoms with Crippen LogP contribution in [-0.4, -0.2) is 39.5 Å². The Balaban J connectivity index is 2.19. The second-order valence-electron chi connectivity index (χ2n) is 6.18. The number of hydrogen-bond acceptors (Lipinski definition) is 2. The van der Waals surface area contributed by atoms with Crippen molar-refractivity contribution in [3.8, 4) is 0 Å². The molecular weight excluding hydrogens is 268 g/mol. The molecular formula is C16H24N2O3. The Labute approximate surface area is 125 Å². The van der Waals surface area contributed by atoms with E-state index in [9.17, 15) is 14.7 Å². The molecule has 0 bridgehead atoms. The van der Waals surface area contributed by atoms with Crippen LogP contribution in [0.3, 0.4) is 0 Å². The molecule has 2 heterocycles. The highest BCUT2D eigenvalue weighted by molar-refractivity contribution is 5.93. The van der Waals surface area contributed by atoms with Gasteiger partial charge in [0.2, 0.25) is 0 Å². The number of carbonyl (C=O) groups excluding carboxylic acids is 1. The second kappa shape index (κ2) is 5.92. The Kier molecular flexibility index (Phi) is 4.40. The van der Waals surface area contributed by atoms with Crippen LogP contribution in [0.2, 0.25) is 0 Å². The third-order valence-corrected chi connectivity index (χ3v) is 4.63. The lowest BCUT2D eigenvalue weighted by Gasteiger charge is -2.28. The van der Waals surface area contributed by atoms with Gasteiger partial charge in [-0.2, -0.15) is 0 Å². The van der Waals surface area contributed by atoms with Crippen LogP contribution in [0.25, 0.3) is 0 Å². The molecule has 0 aliphatic carbocycles. The quantitative estimate of drug-likeness (QED) is 0.907. The predicted molar refractivity (Wildman–Crippen MR) is 80.2 cm³/mol. The molecule has 1 aromatic rings. The van der Waals surface area contributed by atoms with E-state index in [1.54, 1.807) is 4.90 Å². The first kappa shape index (κ1) is 15.6. The van der Waals surface area contributed by atoms with Gasteiger partial charge in [-0.3, -0.25) is 9.59 Å². The number of rotatable bonds is 5. The molecule has 2 rings (SSSR count). The molecule has 0 aromatic carbocycles. The van der Waals surface area contributed by atoms with Gasteiger partial charge in [0.05, 0.1) is 5.41 Å². The fourth-order valence-corrected chi connectivity index (χ4v) is 3.11. The molecule has 1 unspecified atom stereocenters. The average Bonchev–Trinajstić information content (AvgIpc) is 3.05. The van der Waals surface area contributed by atoms with Crippen molar-refractivity contribution in [2.75, 3.05) is 13.1 Å². The van der Waals surface area contributed by atoms with Crippen LogP contribution in [0.15, 0.2) is 18.3 Å². The lowest BCUT2D eigenvalue weighted by atomic mass is 9.76. The van der Waals surface area contributed by atoms with E-state index in [2.05, 4.69) is 6.92 Å². The maximum absolute atomic E-state index is 12.6. The smallest absolute Gasteiger partial charge is 0.311 e. The van der Waals surface area contributed by atoms with Crippen LogP contribution in [0.1, 0.15) is 44.1 Å². The molecule has 1 aliphatic rings. The van der Waals surface area contributed by atoms with Crippen LogP contribution in [0.5, 0.6) is 0 Å². The third kappa shape index (κ3) is 2.69. The number of carboxylic acid groups (broad SMARTS) is 1. The number of nitrogens with zero attached hydrogens (tertiary/aromatic N) is 2. The highest BCUT2D eigenvalue weighted by Gasteiger charge is 2.48. The summed E-state index contributed by atoms with van der Waals surface area (Å²) in [5, 5.41) is 9.56. The molecule has 21 heavy (non-hydrogen) atoms. The third-order valence-electron chi connectivity index (χ3n) is 4.63. The minimum absolute atomic E-state index is 0.00947. The molecule has 1 aromatic heterocycles. The molecule has 1 N–H and O–H groups in total. The Bertz CT molecular complexity index is 535. The van der Waals surface area contributed by atoms with Gasteiger partial charge in [0.25, 0.3) is 5.91 Å². The van der Waals surface area contributed by atoms with Crippen molar-refractivity contribution in [3.63, 3.8) is 0 Å². The van der Waals surface area contributed by atoms with Crippen LogP contribution in [-0.2, 0) is 11.3 Å². The van der Waals surface area contributed by atoms with E-state index in [1.807, 2.05) is 36.7 Å². The SMILES string of the molecule is CCCn1cccc1C(=O)N1CCC(C(=O)O)(C(C)C)C1. The first-order valence-electron chi connectivity index (χ1n) is 7.60. The summed E-state index contributed by atoms with van der Waals surface area (Å²) >= 11 is 0. The first-order valence-corrected chi connectivity index (χ1v) is 7.60. The summed E-state index contributed by atoms with van der Waals surface area (Å²) in [7, 11) is 0. The summed E-state index contributed by atoms with van der Waals surface area (Å²) in [6.07, 6.45) is 3.39. The molecule has 0 saturated carbocycles. The van der Waals surface area contributed by atoms with E-state index >= 15 is 0 Å². The van der Waals surface area contributed by atoms with Gasteiger partial charge in [-0.1, -0.05) is 20.8 Å². The zero-order valence-corrected chi connectivity index (χ0v) is 13.0. The van der Waals surface area contributed by atoms with Crippen molar-refractivity contribution in [2.45, 2.75) is 40.2 Å². The summed E-state index contributed by atoms with van der Waals surface area (Å²) in [6.45, 7) is 7.52. The zero-order valence-electron chi connectivity index (χ0n) is 13.0. The fraction of sp³-hybridized carbons (Fsp3) is 0.625. The van der Waals surface area contributed by atoms with Crippen LogP contribution < -0.4 is 0 Å². The molecule has 5 heteroatoms. The molecule has 1 atom stereocenters. The lowest BCUT2D eigenvalue weighted by molar-refractivity contribution is -0.150.